The van der Waals surface area contributed by atoms with Gasteiger partial charge in [-0.25, -0.2) is 0 Å². The fraction of sp³-hybridized carbons (Fsp3) is 1.00. The van der Waals surface area contributed by atoms with Crippen LogP contribution in [0.1, 0.15) is 32.1 Å². The Hall–Kier alpha value is 0.970. The molecule has 1 unspecified atom stereocenters. The van der Waals surface area contributed by atoms with Crippen LogP contribution in [0.3, 0.4) is 0 Å². The van der Waals surface area contributed by atoms with Crippen LogP contribution in [0.5, 0.6) is 0 Å². The quantitative estimate of drug-likeness (QED) is 0.308. The molecule has 1 N–H and O–H groups in total. The molecule has 0 aromatic rings. The van der Waals surface area contributed by atoms with Crippen molar-refractivity contribution in [2.45, 2.75) is 37.4 Å². The molecule has 78 valence electrons. The fourth-order valence-corrected chi connectivity index (χ4v) is 4.45. The predicted octanol–water partition coefficient (Wildman–Crippen LogP) is 3.07. The first-order chi connectivity index (χ1) is 6.43. The van der Waals surface area contributed by atoms with E-state index in [9.17, 15) is 0 Å². The molecule has 1 aliphatic rings. The molecule has 0 aromatic heterocycles. The van der Waals surface area contributed by atoms with Crippen molar-refractivity contribution in [1.29, 1.82) is 0 Å². The highest BCUT2D eigenvalue weighted by molar-refractivity contribution is 8.77. The third kappa shape index (κ3) is 6.12. The van der Waals surface area contributed by atoms with Gasteiger partial charge in [0.25, 0.3) is 0 Å². The lowest BCUT2D eigenvalue weighted by atomic mass is 10.1. The van der Waals surface area contributed by atoms with Gasteiger partial charge in [0.05, 0.1) is 6.61 Å². The number of unbranched alkanes of at least 4 members (excludes halogenated alkanes) is 2. The molecule has 0 amide bonds. The van der Waals surface area contributed by atoms with Crippen molar-refractivity contribution in [1.82, 2.24) is 4.89 Å². The summed E-state index contributed by atoms with van der Waals surface area (Å²) >= 11 is 3.74. The van der Waals surface area contributed by atoms with E-state index in [2.05, 4.69) is 28.5 Å². The van der Waals surface area contributed by atoms with Crippen molar-refractivity contribution in [3.05, 3.63) is 0 Å². The molecule has 0 bridgehead atoms. The number of rotatable bonds is 7. The summed E-state index contributed by atoms with van der Waals surface area (Å²) in [7, 11) is 4.10. The van der Waals surface area contributed by atoms with Gasteiger partial charge in [0.1, 0.15) is 0 Å². The Morgan fingerprint density at radius 2 is 2.31 bits per heavy atom. The first-order valence-corrected chi connectivity index (χ1v) is 7.55. The Morgan fingerprint density at radius 1 is 1.38 bits per heavy atom. The largest absolute Gasteiger partial charge is 0.291 e. The molecule has 1 fully saturated rings. The molecule has 13 heavy (non-hydrogen) atoms. The van der Waals surface area contributed by atoms with Crippen LogP contribution in [0.25, 0.3) is 0 Å². The molecule has 1 rings (SSSR count). The molecule has 0 aliphatic carbocycles. The van der Waals surface area contributed by atoms with Gasteiger partial charge in [-0.1, -0.05) is 47.2 Å². The predicted molar refractivity (Wildman–Crippen MR) is 65.0 cm³/mol. The maximum absolute atomic E-state index is 4.91. The van der Waals surface area contributed by atoms with Gasteiger partial charge in [-0.15, -0.1) is 4.89 Å². The first-order valence-electron chi connectivity index (χ1n) is 4.72. The molecule has 0 aromatic carbocycles. The Kier molecular flexibility index (Phi) is 7.68. The Morgan fingerprint density at radius 3 is 3.00 bits per heavy atom. The van der Waals surface area contributed by atoms with Crippen LogP contribution in [0, 0.1) is 0 Å². The molecule has 0 radical (unpaired) electrons. The van der Waals surface area contributed by atoms with Gasteiger partial charge >= 0.3 is 0 Å². The summed E-state index contributed by atoms with van der Waals surface area (Å²) in [5.74, 6) is 1.35. The van der Waals surface area contributed by atoms with E-state index in [0.29, 0.717) is 0 Å². The minimum absolute atomic E-state index is 0.774. The lowest BCUT2D eigenvalue weighted by molar-refractivity contribution is 0.0988. The van der Waals surface area contributed by atoms with Crippen LogP contribution < -0.4 is 4.89 Å². The lowest BCUT2D eigenvalue weighted by Gasteiger charge is -2.06. The van der Waals surface area contributed by atoms with Crippen LogP contribution in [0.4, 0.5) is 0 Å². The molecule has 0 spiro atoms. The maximum atomic E-state index is 4.91. The summed E-state index contributed by atoms with van der Waals surface area (Å²) in [5, 5.41) is 0.925. The Labute approximate surface area is 93.8 Å². The molecule has 5 heteroatoms. The molecule has 1 saturated heterocycles. The van der Waals surface area contributed by atoms with Crippen molar-refractivity contribution in [2.24, 2.45) is 0 Å². The normalized spacial score (nSPS) is 22.4. The highest BCUT2D eigenvalue weighted by Crippen LogP contribution is 2.39. The summed E-state index contributed by atoms with van der Waals surface area (Å²) in [6, 6.07) is 0. The topological polar surface area (TPSA) is 21.3 Å². The van der Waals surface area contributed by atoms with E-state index in [4.69, 9.17) is 4.84 Å². The number of thiol groups is 1. The average Bonchev–Trinajstić information content (AvgIpc) is 2.63. The second-order valence-corrected chi connectivity index (χ2v) is 6.09. The lowest BCUT2D eigenvalue weighted by Crippen LogP contribution is -2.03. The minimum Gasteiger partial charge on any atom is -0.291 e. The van der Waals surface area contributed by atoms with Crippen molar-refractivity contribution >= 4 is 34.4 Å². The smallest absolute Gasteiger partial charge is 0.0693 e. The van der Waals surface area contributed by atoms with Gasteiger partial charge in [-0.3, -0.25) is 4.84 Å². The van der Waals surface area contributed by atoms with E-state index in [0.717, 1.165) is 18.3 Å². The van der Waals surface area contributed by atoms with Crippen LogP contribution in [0.2, 0.25) is 0 Å². The van der Waals surface area contributed by atoms with E-state index in [1.807, 2.05) is 10.8 Å². The highest BCUT2D eigenvalue weighted by atomic mass is 33.1. The van der Waals surface area contributed by atoms with E-state index < -0.39 is 0 Å². The summed E-state index contributed by atoms with van der Waals surface area (Å²) < 4.78 is 0. The standard InChI is InChI=1S/C8H17NOS3/c11-9-10-6-3-1-2-4-8-5-7-12-13-8/h8-9,11H,1-7H2. The van der Waals surface area contributed by atoms with E-state index in [-0.39, 0.29) is 0 Å². The van der Waals surface area contributed by atoms with Gasteiger partial charge < -0.3 is 0 Å². The third-order valence-corrected chi connectivity index (χ3v) is 5.20. The maximum Gasteiger partial charge on any atom is 0.0693 e. The molecular weight excluding hydrogens is 222 g/mol. The molecule has 1 aliphatic heterocycles. The number of nitrogens with one attached hydrogen (secondary N) is 1. The summed E-state index contributed by atoms with van der Waals surface area (Å²) in [4.78, 5) is 7.30. The van der Waals surface area contributed by atoms with E-state index in [1.54, 1.807) is 0 Å². The summed E-state index contributed by atoms with van der Waals surface area (Å²) in [5.41, 5.74) is 0. The van der Waals surface area contributed by atoms with Crippen molar-refractivity contribution < 1.29 is 4.84 Å². The van der Waals surface area contributed by atoms with Crippen LogP contribution in [-0.4, -0.2) is 17.6 Å². The molecular formula is C8H17NOS3. The van der Waals surface area contributed by atoms with Crippen molar-refractivity contribution in [3.8, 4) is 0 Å². The van der Waals surface area contributed by atoms with Gasteiger partial charge in [0, 0.05) is 11.0 Å². The summed E-state index contributed by atoms with van der Waals surface area (Å²) in [6.07, 6.45) is 6.54. The molecule has 2 nitrogen and oxygen atoms in total. The van der Waals surface area contributed by atoms with Crippen molar-refractivity contribution in [2.75, 3.05) is 12.4 Å². The highest BCUT2D eigenvalue weighted by Gasteiger charge is 2.15. The summed E-state index contributed by atoms with van der Waals surface area (Å²) in [6.45, 7) is 0.774. The zero-order chi connectivity index (χ0) is 9.36. The van der Waals surface area contributed by atoms with Gasteiger partial charge in [-0.2, -0.15) is 0 Å². The molecule has 1 atom stereocenters. The van der Waals surface area contributed by atoms with Crippen molar-refractivity contribution in [3.63, 3.8) is 0 Å². The SMILES string of the molecule is SNOCCCCCC1CCSS1. The number of hydrogen-bond acceptors (Lipinski definition) is 5. The monoisotopic (exact) mass is 239 g/mol. The van der Waals surface area contributed by atoms with E-state index in [1.165, 1.54) is 31.4 Å². The second kappa shape index (κ2) is 8.29. The number of hydrogen-bond donors (Lipinski definition) is 2. The fourth-order valence-electron chi connectivity index (χ4n) is 1.33. The zero-order valence-electron chi connectivity index (χ0n) is 7.70. The first kappa shape index (κ1) is 12.0. The van der Waals surface area contributed by atoms with Crippen LogP contribution in [0.15, 0.2) is 0 Å². The van der Waals surface area contributed by atoms with Gasteiger partial charge in [-0.05, 0) is 19.3 Å². The second-order valence-electron chi connectivity index (χ2n) is 3.12. The average molecular weight is 239 g/mol. The van der Waals surface area contributed by atoms with Crippen LogP contribution in [-0.2, 0) is 4.84 Å². The Bertz CT molecular complexity index is 120. The van der Waals surface area contributed by atoms with Gasteiger partial charge in [0.2, 0.25) is 0 Å². The third-order valence-electron chi connectivity index (χ3n) is 2.06. The molecule has 1 heterocycles. The molecule has 0 saturated carbocycles. The van der Waals surface area contributed by atoms with Crippen LogP contribution >= 0.6 is 34.4 Å². The minimum atomic E-state index is 0.774. The zero-order valence-corrected chi connectivity index (χ0v) is 10.2. The van der Waals surface area contributed by atoms with E-state index >= 15 is 0 Å². The van der Waals surface area contributed by atoms with Gasteiger partial charge in [0.15, 0.2) is 0 Å². The Balaban J connectivity index is 1.78.